The fourth-order valence-corrected chi connectivity index (χ4v) is 3.52. The Labute approximate surface area is 175 Å². The lowest BCUT2D eigenvalue weighted by atomic mass is 10.0. The molecule has 0 saturated carbocycles. The third-order valence-corrected chi connectivity index (χ3v) is 5.03. The van der Waals surface area contributed by atoms with Gasteiger partial charge >= 0.3 is 0 Å². The monoisotopic (exact) mass is 401 g/mol. The highest BCUT2D eigenvalue weighted by atomic mass is 16.5. The van der Waals surface area contributed by atoms with Crippen molar-refractivity contribution in [3.8, 4) is 11.5 Å². The number of anilines is 1. The lowest BCUT2D eigenvalue weighted by Crippen LogP contribution is -2.18. The molecule has 1 aromatic heterocycles. The lowest BCUT2D eigenvalue weighted by molar-refractivity contribution is -0.115. The van der Waals surface area contributed by atoms with Crippen molar-refractivity contribution in [3.05, 3.63) is 84.1 Å². The van der Waals surface area contributed by atoms with Crippen molar-refractivity contribution < 1.29 is 14.3 Å². The van der Waals surface area contributed by atoms with E-state index in [4.69, 9.17) is 9.47 Å². The van der Waals surface area contributed by atoms with Crippen molar-refractivity contribution in [2.45, 2.75) is 13.0 Å². The van der Waals surface area contributed by atoms with E-state index in [1.807, 2.05) is 60.7 Å². The van der Waals surface area contributed by atoms with E-state index in [9.17, 15) is 4.79 Å². The Morgan fingerprint density at radius 2 is 1.80 bits per heavy atom. The maximum atomic E-state index is 12.7. The molecule has 3 aromatic carbocycles. The third kappa shape index (κ3) is 4.12. The Morgan fingerprint density at radius 3 is 2.63 bits per heavy atom. The van der Waals surface area contributed by atoms with Crippen LogP contribution in [0.3, 0.4) is 0 Å². The number of methoxy groups -OCH3 is 2. The fourth-order valence-electron chi connectivity index (χ4n) is 3.52. The molecule has 0 spiro atoms. The van der Waals surface area contributed by atoms with Crippen LogP contribution >= 0.6 is 0 Å². The van der Waals surface area contributed by atoms with Crippen LogP contribution in [0.2, 0.25) is 0 Å². The van der Waals surface area contributed by atoms with Gasteiger partial charge in [-0.05, 0) is 28.5 Å². The van der Waals surface area contributed by atoms with Gasteiger partial charge in [-0.25, -0.2) is 4.68 Å². The highest BCUT2D eigenvalue weighted by Crippen LogP contribution is 2.26. The van der Waals surface area contributed by atoms with E-state index in [0.29, 0.717) is 24.5 Å². The van der Waals surface area contributed by atoms with Gasteiger partial charge in [0.15, 0.2) is 0 Å². The summed E-state index contributed by atoms with van der Waals surface area (Å²) in [5, 5.41) is 9.55. The molecule has 0 fully saturated rings. The van der Waals surface area contributed by atoms with E-state index in [2.05, 4.69) is 10.4 Å². The number of hydrogen-bond donors (Lipinski definition) is 1. The van der Waals surface area contributed by atoms with E-state index < -0.39 is 0 Å². The number of amides is 1. The van der Waals surface area contributed by atoms with E-state index in [-0.39, 0.29) is 5.91 Å². The Morgan fingerprint density at radius 1 is 0.967 bits per heavy atom. The minimum Gasteiger partial charge on any atom is -0.497 e. The van der Waals surface area contributed by atoms with E-state index in [1.54, 1.807) is 31.2 Å². The molecule has 6 nitrogen and oxygen atoms in total. The number of aromatic nitrogens is 2. The predicted octanol–water partition coefficient (Wildman–Crippen LogP) is 4.28. The van der Waals surface area contributed by atoms with Gasteiger partial charge in [0.25, 0.3) is 0 Å². The van der Waals surface area contributed by atoms with Crippen LogP contribution in [0, 0.1) is 0 Å². The molecule has 0 radical (unpaired) electrons. The SMILES string of the molecule is COc1ccc(Cn2nccc2NC(=O)Cc2cccc3ccccc23)c(OC)c1. The molecule has 152 valence electrons. The molecule has 0 aliphatic heterocycles. The topological polar surface area (TPSA) is 65.4 Å². The maximum Gasteiger partial charge on any atom is 0.229 e. The number of benzene rings is 3. The summed E-state index contributed by atoms with van der Waals surface area (Å²) in [4.78, 5) is 12.7. The maximum absolute atomic E-state index is 12.7. The molecule has 0 aliphatic rings. The molecule has 1 amide bonds. The molecular weight excluding hydrogens is 378 g/mol. The Kier molecular flexibility index (Phi) is 5.66. The summed E-state index contributed by atoms with van der Waals surface area (Å²) in [7, 11) is 3.24. The van der Waals surface area contributed by atoms with Gasteiger partial charge in [-0.15, -0.1) is 0 Å². The zero-order valence-electron chi connectivity index (χ0n) is 17.0. The van der Waals surface area contributed by atoms with Gasteiger partial charge in [0.2, 0.25) is 5.91 Å². The zero-order chi connectivity index (χ0) is 20.9. The van der Waals surface area contributed by atoms with Gasteiger partial charge in [-0.2, -0.15) is 5.10 Å². The van der Waals surface area contributed by atoms with Crippen LogP contribution < -0.4 is 14.8 Å². The predicted molar refractivity (Wildman–Crippen MR) is 117 cm³/mol. The van der Waals surface area contributed by atoms with Gasteiger partial charge in [-0.1, -0.05) is 42.5 Å². The Balaban J connectivity index is 1.50. The second-order valence-corrected chi connectivity index (χ2v) is 6.92. The number of nitrogens with one attached hydrogen (secondary N) is 1. The second kappa shape index (κ2) is 8.69. The summed E-state index contributed by atoms with van der Waals surface area (Å²) < 4.78 is 12.5. The van der Waals surface area contributed by atoms with Crippen LogP contribution in [0.25, 0.3) is 10.8 Å². The first-order valence-corrected chi connectivity index (χ1v) is 9.67. The summed E-state index contributed by atoms with van der Waals surface area (Å²) in [6.07, 6.45) is 1.96. The quantitative estimate of drug-likeness (QED) is 0.502. The first-order chi connectivity index (χ1) is 14.7. The number of rotatable bonds is 7. The summed E-state index contributed by atoms with van der Waals surface area (Å²) in [6, 6.07) is 21.5. The summed E-state index contributed by atoms with van der Waals surface area (Å²) in [5.41, 5.74) is 1.93. The first kappa shape index (κ1) is 19.5. The van der Waals surface area contributed by atoms with Crippen molar-refractivity contribution in [2.75, 3.05) is 19.5 Å². The zero-order valence-corrected chi connectivity index (χ0v) is 17.0. The van der Waals surface area contributed by atoms with Crippen LogP contribution in [-0.2, 0) is 17.8 Å². The average Bonchev–Trinajstić information content (AvgIpc) is 3.20. The molecule has 0 saturated heterocycles. The molecule has 1 heterocycles. The molecule has 6 heteroatoms. The number of nitrogens with zero attached hydrogens (tertiary/aromatic N) is 2. The average molecular weight is 401 g/mol. The largest absolute Gasteiger partial charge is 0.497 e. The van der Waals surface area contributed by atoms with Gasteiger partial charge < -0.3 is 14.8 Å². The number of ether oxygens (including phenoxy) is 2. The van der Waals surface area contributed by atoms with E-state index in [0.717, 1.165) is 27.6 Å². The van der Waals surface area contributed by atoms with Gasteiger partial charge in [-0.3, -0.25) is 4.79 Å². The third-order valence-electron chi connectivity index (χ3n) is 5.03. The molecule has 4 aromatic rings. The van der Waals surface area contributed by atoms with Crippen LogP contribution in [0.5, 0.6) is 11.5 Å². The van der Waals surface area contributed by atoms with Crippen molar-refractivity contribution in [2.24, 2.45) is 0 Å². The van der Waals surface area contributed by atoms with Crippen LogP contribution in [0.4, 0.5) is 5.82 Å². The number of fused-ring (bicyclic) bond motifs is 1. The number of hydrogen-bond acceptors (Lipinski definition) is 4. The molecule has 0 bridgehead atoms. The van der Waals surface area contributed by atoms with Crippen LogP contribution in [0.15, 0.2) is 72.9 Å². The first-order valence-electron chi connectivity index (χ1n) is 9.67. The molecule has 0 aliphatic carbocycles. The number of carbonyl (C=O) groups excluding carboxylic acids is 1. The molecule has 1 N–H and O–H groups in total. The van der Waals surface area contributed by atoms with E-state index >= 15 is 0 Å². The van der Waals surface area contributed by atoms with Gasteiger partial charge in [0.05, 0.1) is 33.4 Å². The molecule has 0 unspecified atom stereocenters. The summed E-state index contributed by atoms with van der Waals surface area (Å²) >= 11 is 0. The number of carbonyl (C=O) groups is 1. The van der Waals surface area contributed by atoms with Crippen LogP contribution in [-0.4, -0.2) is 29.9 Å². The Hall–Kier alpha value is -3.80. The lowest BCUT2D eigenvalue weighted by Gasteiger charge is -2.13. The second-order valence-electron chi connectivity index (χ2n) is 6.92. The highest BCUT2D eigenvalue weighted by molar-refractivity contribution is 5.95. The normalized spacial score (nSPS) is 10.7. The molecule has 4 rings (SSSR count). The van der Waals surface area contributed by atoms with Crippen molar-refractivity contribution in [3.63, 3.8) is 0 Å². The molecule has 30 heavy (non-hydrogen) atoms. The minimum absolute atomic E-state index is 0.0881. The standard InChI is InChI=1S/C24H23N3O3/c1-29-20-11-10-19(22(15-20)30-2)16-27-23(12-13-25-27)26-24(28)14-18-8-5-7-17-6-3-4-9-21(17)18/h3-13,15H,14,16H2,1-2H3,(H,26,28). The molecular formula is C24H23N3O3. The van der Waals surface area contributed by atoms with Gasteiger partial charge in [0, 0.05) is 17.7 Å². The summed E-state index contributed by atoms with van der Waals surface area (Å²) in [6.45, 7) is 0.462. The van der Waals surface area contributed by atoms with E-state index in [1.165, 1.54) is 0 Å². The smallest absolute Gasteiger partial charge is 0.229 e. The van der Waals surface area contributed by atoms with Crippen molar-refractivity contribution in [1.29, 1.82) is 0 Å². The fraction of sp³-hybridized carbons (Fsp3) is 0.167. The molecule has 0 atom stereocenters. The minimum atomic E-state index is -0.0881. The van der Waals surface area contributed by atoms with Crippen molar-refractivity contribution >= 4 is 22.5 Å². The van der Waals surface area contributed by atoms with Crippen molar-refractivity contribution in [1.82, 2.24) is 9.78 Å². The Bertz CT molecular complexity index is 1180. The summed E-state index contributed by atoms with van der Waals surface area (Å²) in [5.74, 6) is 1.98. The van der Waals surface area contributed by atoms with Crippen LogP contribution in [0.1, 0.15) is 11.1 Å². The highest BCUT2D eigenvalue weighted by Gasteiger charge is 2.12. The van der Waals surface area contributed by atoms with Gasteiger partial charge in [0.1, 0.15) is 17.3 Å².